The summed E-state index contributed by atoms with van der Waals surface area (Å²) in [7, 11) is -2.91. The van der Waals surface area contributed by atoms with Crippen LogP contribution in [0, 0.1) is 13.8 Å². The van der Waals surface area contributed by atoms with E-state index in [4.69, 9.17) is 10.5 Å². The fourth-order valence-corrected chi connectivity index (χ4v) is 2.51. The van der Waals surface area contributed by atoms with Crippen molar-refractivity contribution in [2.24, 2.45) is 0 Å². The summed E-state index contributed by atoms with van der Waals surface area (Å²) >= 11 is 0. The average Bonchev–Trinajstić information content (AvgIpc) is 2.33. The van der Waals surface area contributed by atoms with Gasteiger partial charge in [0.2, 0.25) is 0 Å². The van der Waals surface area contributed by atoms with E-state index in [0.717, 1.165) is 16.9 Å². The Balaban J connectivity index is 2.57. The topological polar surface area (TPSA) is 69.4 Å². The van der Waals surface area contributed by atoms with Gasteiger partial charge < -0.3 is 10.5 Å². The highest BCUT2D eigenvalue weighted by Crippen LogP contribution is 2.27. The number of anilines is 1. The van der Waals surface area contributed by atoms with Crippen LogP contribution in [0.3, 0.4) is 0 Å². The van der Waals surface area contributed by atoms with Gasteiger partial charge in [0, 0.05) is 17.0 Å². The largest absolute Gasteiger partial charge is 0.493 e. The Labute approximate surface area is 109 Å². The molecule has 0 atom stereocenters. The Bertz CT molecular complexity index is 509. The Morgan fingerprint density at radius 2 is 1.94 bits per heavy atom. The lowest BCUT2D eigenvalue weighted by Gasteiger charge is -2.13. The molecular weight excluding hydrogens is 250 g/mol. The van der Waals surface area contributed by atoms with Crippen LogP contribution in [-0.2, 0) is 9.84 Å². The van der Waals surface area contributed by atoms with Gasteiger partial charge in [-0.3, -0.25) is 0 Å². The Kier molecular flexibility index (Phi) is 5.02. The van der Waals surface area contributed by atoms with E-state index >= 15 is 0 Å². The second-order valence-electron chi connectivity index (χ2n) is 4.36. The third kappa shape index (κ3) is 3.91. The molecule has 1 aromatic carbocycles. The van der Waals surface area contributed by atoms with Gasteiger partial charge >= 0.3 is 0 Å². The predicted octanol–water partition coefficient (Wildman–Crippen LogP) is 2.09. The average molecular weight is 271 g/mol. The summed E-state index contributed by atoms with van der Waals surface area (Å²) in [5, 5.41) is 0. The number of ether oxygens (including phenoxy) is 1. The van der Waals surface area contributed by atoms with Crippen molar-refractivity contribution in [1.82, 2.24) is 0 Å². The van der Waals surface area contributed by atoms with Crippen LogP contribution in [0.25, 0.3) is 0 Å². The third-order valence-corrected chi connectivity index (χ3v) is 4.72. The maximum Gasteiger partial charge on any atom is 0.150 e. The minimum absolute atomic E-state index is 0.171. The Morgan fingerprint density at radius 3 is 2.56 bits per heavy atom. The summed E-state index contributed by atoms with van der Waals surface area (Å²) < 4.78 is 28.3. The second-order valence-corrected chi connectivity index (χ2v) is 6.84. The molecule has 0 aliphatic carbocycles. The molecule has 0 heterocycles. The Morgan fingerprint density at radius 1 is 1.28 bits per heavy atom. The van der Waals surface area contributed by atoms with Crippen molar-refractivity contribution < 1.29 is 13.2 Å². The summed E-state index contributed by atoms with van der Waals surface area (Å²) in [6.45, 7) is 5.90. The number of nitrogen functional groups attached to an aromatic ring is 1. The number of nitrogens with two attached hydrogens (primary N) is 1. The van der Waals surface area contributed by atoms with Gasteiger partial charge in [0.25, 0.3) is 0 Å². The number of aryl methyl sites for hydroxylation is 1. The zero-order valence-electron chi connectivity index (χ0n) is 11.2. The van der Waals surface area contributed by atoms with Crippen LogP contribution < -0.4 is 10.5 Å². The molecule has 0 aliphatic rings. The van der Waals surface area contributed by atoms with E-state index in [0.29, 0.717) is 18.7 Å². The Hall–Kier alpha value is -1.23. The van der Waals surface area contributed by atoms with E-state index < -0.39 is 9.84 Å². The molecule has 102 valence electrons. The molecule has 0 fully saturated rings. The lowest BCUT2D eigenvalue weighted by atomic mass is 10.1. The second kappa shape index (κ2) is 6.09. The molecule has 0 saturated carbocycles. The van der Waals surface area contributed by atoms with Crippen LogP contribution in [0.5, 0.6) is 5.75 Å². The van der Waals surface area contributed by atoms with Crippen molar-refractivity contribution in [2.75, 3.05) is 23.8 Å². The summed E-state index contributed by atoms with van der Waals surface area (Å²) in [6, 6.07) is 3.75. The first-order valence-corrected chi connectivity index (χ1v) is 7.88. The molecule has 4 nitrogen and oxygen atoms in total. The molecule has 0 aliphatic heterocycles. The first-order valence-electron chi connectivity index (χ1n) is 6.06. The van der Waals surface area contributed by atoms with E-state index in [1.807, 2.05) is 26.0 Å². The summed E-state index contributed by atoms with van der Waals surface area (Å²) in [4.78, 5) is 0. The van der Waals surface area contributed by atoms with Gasteiger partial charge in [-0.05, 0) is 31.9 Å². The maximum absolute atomic E-state index is 11.3. The molecule has 18 heavy (non-hydrogen) atoms. The van der Waals surface area contributed by atoms with Crippen LogP contribution >= 0.6 is 0 Å². The van der Waals surface area contributed by atoms with E-state index in [1.165, 1.54) is 0 Å². The first kappa shape index (κ1) is 14.8. The molecule has 0 unspecified atom stereocenters. The van der Waals surface area contributed by atoms with Gasteiger partial charge in [-0.2, -0.15) is 0 Å². The SMILES string of the molecule is CCS(=O)(=O)CCCOc1c(C)ccc(N)c1C. The zero-order chi connectivity index (χ0) is 13.8. The van der Waals surface area contributed by atoms with Gasteiger partial charge in [0.15, 0.2) is 0 Å². The molecule has 0 spiro atoms. The molecule has 1 rings (SSSR count). The minimum atomic E-state index is -2.91. The van der Waals surface area contributed by atoms with Crippen molar-refractivity contribution in [2.45, 2.75) is 27.2 Å². The normalized spacial score (nSPS) is 11.5. The number of hydrogen-bond donors (Lipinski definition) is 1. The summed E-state index contributed by atoms with van der Waals surface area (Å²) in [5.41, 5.74) is 8.42. The zero-order valence-corrected chi connectivity index (χ0v) is 12.0. The molecule has 2 N–H and O–H groups in total. The molecule has 5 heteroatoms. The summed E-state index contributed by atoms with van der Waals surface area (Å²) in [6.07, 6.45) is 0.504. The first-order chi connectivity index (χ1) is 8.37. The fraction of sp³-hybridized carbons (Fsp3) is 0.538. The van der Waals surface area contributed by atoms with E-state index in [2.05, 4.69) is 0 Å². The monoisotopic (exact) mass is 271 g/mol. The van der Waals surface area contributed by atoms with Crippen molar-refractivity contribution in [3.05, 3.63) is 23.3 Å². The van der Waals surface area contributed by atoms with E-state index in [9.17, 15) is 8.42 Å². The third-order valence-electron chi connectivity index (χ3n) is 2.93. The molecule has 0 saturated heterocycles. The van der Waals surface area contributed by atoms with Crippen molar-refractivity contribution >= 4 is 15.5 Å². The highest BCUT2D eigenvalue weighted by Gasteiger charge is 2.09. The quantitative estimate of drug-likeness (QED) is 0.635. The van der Waals surface area contributed by atoms with Gasteiger partial charge in [0.05, 0.1) is 12.4 Å². The standard InChI is InChI=1S/C13H21NO3S/c1-4-18(15,16)9-5-8-17-13-10(2)6-7-12(14)11(13)3/h6-7H,4-5,8-9,14H2,1-3H3. The number of sulfone groups is 1. The van der Waals surface area contributed by atoms with Crippen LogP contribution in [-0.4, -0.2) is 26.5 Å². The van der Waals surface area contributed by atoms with Gasteiger partial charge in [-0.1, -0.05) is 13.0 Å². The number of benzene rings is 1. The highest BCUT2D eigenvalue weighted by molar-refractivity contribution is 7.91. The molecule has 0 bridgehead atoms. The van der Waals surface area contributed by atoms with Crippen LogP contribution in [0.4, 0.5) is 5.69 Å². The van der Waals surface area contributed by atoms with Gasteiger partial charge in [-0.25, -0.2) is 8.42 Å². The van der Waals surface area contributed by atoms with Gasteiger partial charge in [0.1, 0.15) is 15.6 Å². The summed E-state index contributed by atoms with van der Waals surface area (Å²) in [5.74, 6) is 1.12. The van der Waals surface area contributed by atoms with Crippen molar-refractivity contribution in [3.63, 3.8) is 0 Å². The van der Waals surface area contributed by atoms with Crippen molar-refractivity contribution in [3.8, 4) is 5.75 Å². The molecule has 1 aromatic rings. The molecule has 0 aromatic heterocycles. The van der Waals surface area contributed by atoms with Gasteiger partial charge in [-0.15, -0.1) is 0 Å². The van der Waals surface area contributed by atoms with Crippen molar-refractivity contribution in [1.29, 1.82) is 0 Å². The van der Waals surface area contributed by atoms with Crippen LogP contribution in [0.15, 0.2) is 12.1 Å². The van der Waals surface area contributed by atoms with E-state index in [1.54, 1.807) is 6.92 Å². The fourth-order valence-electron chi connectivity index (χ4n) is 1.66. The smallest absolute Gasteiger partial charge is 0.150 e. The minimum Gasteiger partial charge on any atom is -0.493 e. The number of rotatable bonds is 6. The van der Waals surface area contributed by atoms with Crippen LogP contribution in [0.1, 0.15) is 24.5 Å². The predicted molar refractivity (Wildman–Crippen MR) is 74.8 cm³/mol. The lowest BCUT2D eigenvalue weighted by molar-refractivity contribution is 0.313. The van der Waals surface area contributed by atoms with E-state index in [-0.39, 0.29) is 11.5 Å². The molecule has 0 radical (unpaired) electrons. The molecule has 0 amide bonds. The maximum atomic E-state index is 11.3. The van der Waals surface area contributed by atoms with Crippen LogP contribution in [0.2, 0.25) is 0 Å². The molecular formula is C13H21NO3S. The number of hydrogen-bond acceptors (Lipinski definition) is 4. The highest BCUT2D eigenvalue weighted by atomic mass is 32.2. The lowest BCUT2D eigenvalue weighted by Crippen LogP contribution is -2.12.